The highest BCUT2D eigenvalue weighted by Crippen LogP contribution is 2.40. The number of aliphatic hydroxyl groups is 1. The Balaban J connectivity index is 1.82. The number of nitrogens with zero attached hydrogens (tertiary/aromatic N) is 2. The van der Waals surface area contributed by atoms with Crippen LogP contribution in [0.5, 0.6) is 5.75 Å². The molecule has 180 valence electrons. The van der Waals surface area contributed by atoms with Crippen molar-refractivity contribution in [1.82, 2.24) is 9.88 Å². The van der Waals surface area contributed by atoms with Crippen LogP contribution in [-0.2, 0) is 16.1 Å². The van der Waals surface area contributed by atoms with Crippen LogP contribution in [0.25, 0.3) is 5.76 Å². The lowest BCUT2D eigenvalue weighted by Gasteiger charge is -2.25. The first kappa shape index (κ1) is 24.2. The number of carbonyl (C=O) groups is 2. The second-order valence-corrected chi connectivity index (χ2v) is 8.99. The van der Waals surface area contributed by atoms with Gasteiger partial charge >= 0.3 is 0 Å². The highest BCUT2D eigenvalue weighted by Gasteiger charge is 2.46. The molecule has 2 heterocycles. The maximum atomic E-state index is 13.3. The summed E-state index contributed by atoms with van der Waals surface area (Å²) in [5, 5.41) is 11.3. The van der Waals surface area contributed by atoms with E-state index >= 15 is 0 Å². The Morgan fingerprint density at radius 2 is 1.86 bits per heavy atom. The van der Waals surface area contributed by atoms with Crippen molar-refractivity contribution in [3.63, 3.8) is 0 Å². The van der Waals surface area contributed by atoms with Gasteiger partial charge in [-0.05, 0) is 47.2 Å². The molecule has 1 fully saturated rings. The Hall–Kier alpha value is -3.93. The Kier molecular flexibility index (Phi) is 7.30. The van der Waals surface area contributed by atoms with Gasteiger partial charge in [-0.15, -0.1) is 0 Å². The topological polar surface area (TPSA) is 79.7 Å². The molecule has 1 unspecified atom stereocenters. The van der Waals surface area contributed by atoms with E-state index < -0.39 is 17.7 Å². The molecule has 1 aromatic heterocycles. The van der Waals surface area contributed by atoms with Crippen LogP contribution in [0.4, 0.5) is 0 Å². The van der Waals surface area contributed by atoms with Crippen LogP contribution < -0.4 is 4.74 Å². The monoisotopic (exact) mass is 470 g/mol. The molecule has 6 nitrogen and oxygen atoms in total. The smallest absolute Gasteiger partial charge is 0.295 e. The molecule has 0 radical (unpaired) electrons. The second kappa shape index (κ2) is 10.6. The average Bonchev–Trinajstić information content (AvgIpc) is 3.12. The molecule has 0 bridgehead atoms. The number of carbonyl (C=O) groups excluding carboxylic acids is 2. The van der Waals surface area contributed by atoms with Gasteiger partial charge in [-0.3, -0.25) is 14.6 Å². The van der Waals surface area contributed by atoms with Crippen molar-refractivity contribution in [3.05, 3.63) is 101 Å². The molecular formula is C29H30N2O4. The maximum absolute atomic E-state index is 13.3. The highest BCUT2D eigenvalue weighted by atomic mass is 16.5. The van der Waals surface area contributed by atoms with Crippen LogP contribution in [0.3, 0.4) is 0 Å². The maximum Gasteiger partial charge on any atom is 0.295 e. The van der Waals surface area contributed by atoms with Gasteiger partial charge in [0.05, 0.1) is 18.2 Å². The first-order valence-electron chi connectivity index (χ1n) is 11.9. The van der Waals surface area contributed by atoms with Gasteiger partial charge < -0.3 is 14.7 Å². The molecule has 0 saturated carbocycles. The fourth-order valence-corrected chi connectivity index (χ4v) is 4.25. The van der Waals surface area contributed by atoms with Gasteiger partial charge in [0.2, 0.25) is 0 Å². The van der Waals surface area contributed by atoms with Gasteiger partial charge in [-0.1, -0.05) is 63.2 Å². The molecule has 1 aliphatic heterocycles. The van der Waals surface area contributed by atoms with E-state index in [0.29, 0.717) is 23.8 Å². The summed E-state index contributed by atoms with van der Waals surface area (Å²) in [5.74, 6) is -0.622. The van der Waals surface area contributed by atoms with Crippen LogP contribution in [0.2, 0.25) is 0 Å². The van der Waals surface area contributed by atoms with Crippen molar-refractivity contribution in [3.8, 4) is 5.75 Å². The van der Waals surface area contributed by atoms with E-state index in [9.17, 15) is 14.7 Å². The van der Waals surface area contributed by atoms with Gasteiger partial charge in [-0.25, -0.2) is 0 Å². The first-order chi connectivity index (χ1) is 16.9. The number of aromatic nitrogens is 1. The fraction of sp³-hybridized carbons (Fsp3) is 0.276. The normalized spacial score (nSPS) is 17.3. The predicted molar refractivity (Wildman–Crippen MR) is 135 cm³/mol. The average molecular weight is 471 g/mol. The molecule has 1 saturated heterocycles. The Bertz CT molecular complexity index is 1230. The third-order valence-corrected chi connectivity index (χ3v) is 6.11. The molecule has 6 heteroatoms. The third-order valence-electron chi connectivity index (χ3n) is 6.11. The van der Waals surface area contributed by atoms with Crippen LogP contribution in [0, 0.1) is 0 Å². The van der Waals surface area contributed by atoms with E-state index in [2.05, 4.69) is 18.8 Å². The quantitative estimate of drug-likeness (QED) is 0.263. The van der Waals surface area contributed by atoms with Crippen molar-refractivity contribution in [2.45, 2.75) is 45.7 Å². The minimum Gasteiger partial charge on any atom is -0.507 e. The second-order valence-electron chi connectivity index (χ2n) is 8.99. The summed E-state index contributed by atoms with van der Waals surface area (Å²) in [7, 11) is 0. The molecule has 4 rings (SSSR count). The number of ketones is 1. The van der Waals surface area contributed by atoms with E-state index in [0.717, 1.165) is 23.1 Å². The van der Waals surface area contributed by atoms with Crippen molar-refractivity contribution in [2.75, 3.05) is 6.61 Å². The zero-order valence-corrected chi connectivity index (χ0v) is 20.3. The summed E-state index contributed by atoms with van der Waals surface area (Å²) in [6.45, 7) is 6.97. The molecule has 3 aromatic rings. The van der Waals surface area contributed by atoms with Crippen LogP contribution in [-0.4, -0.2) is 33.3 Å². The Morgan fingerprint density at radius 1 is 1.09 bits per heavy atom. The number of rotatable bonds is 8. The summed E-state index contributed by atoms with van der Waals surface area (Å²) >= 11 is 0. The minimum atomic E-state index is -0.725. The number of pyridine rings is 1. The van der Waals surface area contributed by atoms with E-state index in [4.69, 9.17) is 4.74 Å². The number of likely N-dealkylation sites (tertiary alicyclic amines) is 1. The lowest BCUT2D eigenvalue weighted by Crippen LogP contribution is -2.29. The fourth-order valence-electron chi connectivity index (χ4n) is 4.25. The number of Topliss-reactive ketones (excluding diaryl/α,β-unsaturated/α-hetero) is 1. The SMILES string of the molecule is CCCOc1cccc(/C(O)=C2\C(=O)C(=O)N(Cc3cccnc3)C2c2ccc(C(C)C)cc2)c1. The molecule has 0 spiro atoms. The van der Waals surface area contributed by atoms with Crippen molar-refractivity contribution < 1.29 is 19.4 Å². The van der Waals surface area contributed by atoms with Crippen LogP contribution in [0.1, 0.15) is 61.4 Å². The predicted octanol–water partition coefficient (Wildman–Crippen LogP) is 5.62. The van der Waals surface area contributed by atoms with Gasteiger partial charge in [-0.2, -0.15) is 0 Å². The summed E-state index contributed by atoms with van der Waals surface area (Å²) < 4.78 is 5.70. The summed E-state index contributed by atoms with van der Waals surface area (Å²) in [5.41, 5.74) is 3.22. The molecule has 1 N–H and O–H groups in total. The number of hydrogen-bond acceptors (Lipinski definition) is 5. The Morgan fingerprint density at radius 3 is 2.51 bits per heavy atom. The highest BCUT2D eigenvalue weighted by molar-refractivity contribution is 6.46. The molecular weight excluding hydrogens is 440 g/mol. The number of aliphatic hydroxyl groups excluding tert-OH is 1. The summed E-state index contributed by atoms with van der Waals surface area (Å²) in [4.78, 5) is 32.1. The van der Waals surface area contributed by atoms with Gasteiger partial charge in [0.1, 0.15) is 11.5 Å². The number of ether oxygens (including phenoxy) is 1. The van der Waals surface area contributed by atoms with E-state index in [-0.39, 0.29) is 17.9 Å². The van der Waals surface area contributed by atoms with Crippen molar-refractivity contribution >= 4 is 17.4 Å². The Labute approximate surface area is 205 Å². The molecule has 1 atom stereocenters. The van der Waals surface area contributed by atoms with Crippen molar-refractivity contribution in [2.24, 2.45) is 0 Å². The number of amides is 1. The molecule has 0 aliphatic carbocycles. The molecule has 2 aromatic carbocycles. The summed E-state index contributed by atoms with van der Waals surface area (Å²) in [6, 6.07) is 17.8. The summed E-state index contributed by atoms with van der Waals surface area (Å²) in [6.07, 6.45) is 4.18. The van der Waals surface area contributed by atoms with Crippen molar-refractivity contribution in [1.29, 1.82) is 0 Å². The van der Waals surface area contributed by atoms with Gasteiger partial charge in [0.15, 0.2) is 0 Å². The molecule has 35 heavy (non-hydrogen) atoms. The lowest BCUT2D eigenvalue weighted by molar-refractivity contribution is -0.140. The van der Waals surface area contributed by atoms with E-state index in [1.54, 1.807) is 42.7 Å². The lowest BCUT2D eigenvalue weighted by atomic mass is 9.93. The van der Waals surface area contributed by atoms with Crippen LogP contribution in [0.15, 0.2) is 78.6 Å². The third kappa shape index (κ3) is 5.11. The van der Waals surface area contributed by atoms with E-state index in [1.165, 1.54) is 4.90 Å². The largest absolute Gasteiger partial charge is 0.507 e. The zero-order chi connectivity index (χ0) is 24.9. The molecule has 1 aliphatic rings. The van der Waals surface area contributed by atoms with E-state index in [1.807, 2.05) is 37.3 Å². The number of hydrogen-bond donors (Lipinski definition) is 1. The van der Waals surface area contributed by atoms with Gasteiger partial charge in [0, 0.05) is 24.5 Å². The zero-order valence-electron chi connectivity index (χ0n) is 20.3. The minimum absolute atomic E-state index is 0.0730. The molecule has 1 amide bonds. The first-order valence-corrected chi connectivity index (χ1v) is 11.9. The van der Waals surface area contributed by atoms with Crippen LogP contribution >= 0.6 is 0 Å². The van der Waals surface area contributed by atoms with Gasteiger partial charge in [0.25, 0.3) is 11.7 Å². The standard InChI is InChI=1S/C29H30N2O4/c1-4-15-35-24-9-5-8-23(16-24)27(32)25-26(22-12-10-21(11-13-22)19(2)3)31(29(34)28(25)33)18-20-7-6-14-30-17-20/h5-14,16-17,19,26,32H,4,15,18H2,1-3H3/b27-25+. The number of benzene rings is 2.